The third kappa shape index (κ3) is 3.55. The zero-order chi connectivity index (χ0) is 19.7. The molecule has 1 amide bonds. The summed E-state index contributed by atoms with van der Waals surface area (Å²) < 4.78 is 7.08. The van der Waals surface area contributed by atoms with Gasteiger partial charge < -0.3 is 15.5 Å². The molecule has 0 radical (unpaired) electrons. The van der Waals surface area contributed by atoms with Crippen molar-refractivity contribution in [1.29, 1.82) is 0 Å². The Morgan fingerprint density at radius 3 is 2.50 bits per heavy atom. The third-order valence-corrected chi connectivity index (χ3v) is 5.87. The predicted molar refractivity (Wildman–Crippen MR) is 109 cm³/mol. The molecule has 0 saturated heterocycles. The highest BCUT2D eigenvalue weighted by atomic mass is 32.2. The Kier molecular flexibility index (Phi) is 4.95. The number of hydrogen-bond acceptors (Lipinski definition) is 6. The van der Waals surface area contributed by atoms with Crippen LogP contribution in [0.2, 0.25) is 0 Å². The zero-order valence-corrected chi connectivity index (χ0v) is 16.7. The van der Waals surface area contributed by atoms with Crippen LogP contribution in [0.25, 0.3) is 0 Å². The number of methoxy groups -OCH3 is 1. The lowest BCUT2D eigenvalue weighted by Gasteiger charge is -2.32. The van der Waals surface area contributed by atoms with Crippen molar-refractivity contribution < 1.29 is 9.53 Å². The molecule has 0 fully saturated rings. The molecule has 1 aliphatic heterocycles. The fourth-order valence-corrected chi connectivity index (χ4v) is 4.20. The summed E-state index contributed by atoms with van der Waals surface area (Å²) in [6.07, 6.45) is 0. The second-order valence-corrected chi connectivity index (χ2v) is 7.75. The predicted octanol–water partition coefficient (Wildman–Crippen LogP) is 3.30. The van der Waals surface area contributed by atoms with Crippen LogP contribution < -0.4 is 15.5 Å². The van der Waals surface area contributed by atoms with Crippen LogP contribution in [0, 0.1) is 13.8 Å². The first-order valence-electron chi connectivity index (χ1n) is 8.92. The van der Waals surface area contributed by atoms with Crippen LogP contribution in [0.4, 0.5) is 5.69 Å². The molecule has 0 bridgehead atoms. The molecule has 2 heterocycles. The topological polar surface area (TPSA) is 81.1 Å². The summed E-state index contributed by atoms with van der Waals surface area (Å²) in [4.78, 5) is 13.1. The van der Waals surface area contributed by atoms with Crippen LogP contribution in [-0.4, -0.2) is 33.1 Å². The minimum Gasteiger partial charge on any atom is -0.497 e. The minimum atomic E-state index is -0.411. The lowest BCUT2D eigenvalue weighted by atomic mass is 10.0. The van der Waals surface area contributed by atoms with Gasteiger partial charge in [0.1, 0.15) is 16.8 Å². The molecular formula is C20H21N5O2S. The fourth-order valence-electron chi connectivity index (χ4n) is 3.07. The maximum Gasteiger partial charge on any atom is 0.240 e. The molecular weight excluding hydrogens is 374 g/mol. The zero-order valence-electron chi connectivity index (χ0n) is 15.8. The monoisotopic (exact) mass is 395 g/mol. The highest BCUT2D eigenvalue weighted by Crippen LogP contribution is 2.37. The van der Waals surface area contributed by atoms with Gasteiger partial charge in [-0.3, -0.25) is 4.79 Å². The van der Waals surface area contributed by atoms with Gasteiger partial charge in [0.2, 0.25) is 11.1 Å². The molecule has 0 spiro atoms. The normalized spacial score (nSPS) is 18.1. The molecule has 0 saturated carbocycles. The SMILES string of the molecule is COc1ccc([C@@H]2Nn3c(C)nnc3S[C@@H]2C(=O)Nc2ccc(C)cc2)cc1. The van der Waals surface area contributed by atoms with Crippen molar-refractivity contribution in [2.24, 2.45) is 0 Å². The number of amides is 1. The second-order valence-electron chi connectivity index (χ2n) is 6.64. The Labute approximate surface area is 167 Å². The van der Waals surface area contributed by atoms with Crippen molar-refractivity contribution in [2.75, 3.05) is 17.9 Å². The number of thioether (sulfide) groups is 1. The molecule has 7 nitrogen and oxygen atoms in total. The van der Waals surface area contributed by atoms with Gasteiger partial charge in [0.15, 0.2) is 0 Å². The van der Waals surface area contributed by atoms with Crippen molar-refractivity contribution in [3.63, 3.8) is 0 Å². The van der Waals surface area contributed by atoms with E-state index in [0.717, 1.165) is 28.4 Å². The van der Waals surface area contributed by atoms with Crippen molar-refractivity contribution in [3.05, 3.63) is 65.5 Å². The van der Waals surface area contributed by atoms with E-state index in [4.69, 9.17) is 4.74 Å². The number of aryl methyl sites for hydroxylation is 2. The Morgan fingerprint density at radius 1 is 1.11 bits per heavy atom. The summed E-state index contributed by atoms with van der Waals surface area (Å²) in [5.41, 5.74) is 6.29. The van der Waals surface area contributed by atoms with Crippen LogP contribution in [0.3, 0.4) is 0 Å². The van der Waals surface area contributed by atoms with Crippen LogP contribution in [0.15, 0.2) is 53.7 Å². The van der Waals surface area contributed by atoms with Gasteiger partial charge in [-0.1, -0.05) is 41.6 Å². The van der Waals surface area contributed by atoms with Gasteiger partial charge in [-0.2, -0.15) is 0 Å². The summed E-state index contributed by atoms with van der Waals surface area (Å²) in [7, 11) is 1.63. The molecule has 2 N–H and O–H groups in total. The van der Waals surface area contributed by atoms with E-state index < -0.39 is 5.25 Å². The van der Waals surface area contributed by atoms with Gasteiger partial charge in [-0.25, -0.2) is 4.68 Å². The molecule has 2 atom stereocenters. The van der Waals surface area contributed by atoms with Crippen LogP contribution in [-0.2, 0) is 4.79 Å². The fraction of sp³-hybridized carbons (Fsp3) is 0.250. The Bertz CT molecular complexity index is 985. The number of aromatic nitrogens is 3. The Balaban J connectivity index is 1.64. The van der Waals surface area contributed by atoms with E-state index in [1.807, 2.05) is 67.1 Å². The summed E-state index contributed by atoms with van der Waals surface area (Å²) in [6.45, 7) is 3.89. The summed E-state index contributed by atoms with van der Waals surface area (Å²) in [5, 5.41) is 11.6. The standard InChI is InChI=1S/C20H21N5O2S/c1-12-4-8-15(9-5-12)21-19(26)18-17(14-6-10-16(27-3)11-7-14)24-25-13(2)22-23-20(25)28-18/h4-11,17-18,24H,1-3H3,(H,21,26)/t17-,18-/m0/s1. The average Bonchev–Trinajstić information content (AvgIpc) is 3.09. The lowest BCUT2D eigenvalue weighted by Crippen LogP contribution is -2.41. The van der Waals surface area contributed by atoms with Crippen molar-refractivity contribution >= 4 is 23.4 Å². The van der Waals surface area contributed by atoms with Crippen molar-refractivity contribution in [2.45, 2.75) is 30.3 Å². The lowest BCUT2D eigenvalue weighted by molar-refractivity contribution is -0.116. The van der Waals surface area contributed by atoms with Crippen molar-refractivity contribution in [1.82, 2.24) is 14.9 Å². The number of nitrogens with one attached hydrogen (secondary N) is 2. The van der Waals surface area contributed by atoms with Gasteiger partial charge >= 0.3 is 0 Å². The number of ether oxygens (including phenoxy) is 1. The van der Waals surface area contributed by atoms with Gasteiger partial charge in [0, 0.05) is 5.69 Å². The van der Waals surface area contributed by atoms with E-state index in [1.165, 1.54) is 11.8 Å². The number of benzene rings is 2. The van der Waals surface area contributed by atoms with Crippen LogP contribution >= 0.6 is 11.8 Å². The van der Waals surface area contributed by atoms with E-state index >= 15 is 0 Å². The molecule has 4 rings (SSSR count). The maximum atomic E-state index is 13.1. The van der Waals surface area contributed by atoms with E-state index in [0.29, 0.717) is 5.16 Å². The number of hydrogen-bond donors (Lipinski definition) is 2. The average molecular weight is 395 g/mol. The maximum absolute atomic E-state index is 13.1. The number of nitrogens with zero attached hydrogens (tertiary/aromatic N) is 3. The van der Waals surface area contributed by atoms with E-state index in [2.05, 4.69) is 20.9 Å². The van der Waals surface area contributed by atoms with Crippen LogP contribution in [0.1, 0.15) is 23.0 Å². The number of anilines is 1. The third-order valence-electron chi connectivity index (χ3n) is 4.65. The van der Waals surface area contributed by atoms with Crippen molar-refractivity contribution in [3.8, 4) is 5.75 Å². The molecule has 144 valence electrons. The highest BCUT2D eigenvalue weighted by Gasteiger charge is 2.37. The quantitative estimate of drug-likeness (QED) is 0.706. The van der Waals surface area contributed by atoms with Gasteiger partial charge in [-0.15, -0.1) is 10.2 Å². The molecule has 3 aromatic rings. The summed E-state index contributed by atoms with van der Waals surface area (Å²) in [5.74, 6) is 1.43. The van der Waals surface area contributed by atoms with Gasteiger partial charge in [-0.05, 0) is 43.7 Å². The Hall–Kier alpha value is -3.00. The van der Waals surface area contributed by atoms with E-state index in [-0.39, 0.29) is 11.9 Å². The molecule has 2 aromatic carbocycles. The Morgan fingerprint density at radius 2 is 1.82 bits per heavy atom. The van der Waals surface area contributed by atoms with Crippen LogP contribution in [0.5, 0.6) is 5.75 Å². The number of carbonyl (C=O) groups is 1. The second kappa shape index (κ2) is 7.55. The molecule has 1 aliphatic rings. The number of carbonyl (C=O) groups excluding carboxylic acids is 1. The largest absolute Gasteiger partial charge is 0.497 e. The first-order chi connectivity index (χ1) is 13.5. The molecule has 1 aromatic heterocycles. The van der Waals surface area contributed by atoms with E-state index in [1.54, 1.807) is 7.11 Å². The minimum absolute atomic E-state index is 0.0888. The summed E-state index contributed by atoms with van der Waals surface area (Å²) >= 11 is 1.40. The molecule has 28 heavy (non-hydrogen) atoms. The number of fused-ring (bicyclic) bond motifs is 1. The van der Waals surface area contributed by atoms with Gasteiger partial charge in [0.25, 0.3) is 0 Å². The molecule has 0 aliphatic carbocycles. The first kappa shape index (κ1) is 18.4. The van der Waals surface area contributed by atoms with Gasteiger partial charge in [0.05, 0.1) is 13.2 Å². The highest BCUT2D eigenvalue weighted by molar-refractivity contribution is 8.00. The van der Waals surface area contributed by atoms with E-state index in [9.17, 15) is 4.79 Å². The molecule has 8 heteroatoms. The smallest absolute Gasteiger partial charge is 0.240 e. The molecule has 0 unspecified atom stereocenters. The summed E-state index contributed by atoms with van der Waals surface area (Å²) in [6, 6.07) is 15.2. The number of rotatable bonds is 4. The first-order valence-corrected chi connectivity index (χ1v) is 9.80.